The van der Waals surface area contributed by atoms with E-state index in [1.807, 2.05) is 6.92 Å². The zero-order valence-corrected chi connectivity index (χ0v) is 10.3. The van der Waals surface area contributed by atoms with Crippen molar-refractivity contribution < 1.29 is 27.5 Å². The normalized spacial score (nSPS) is 23.6. The van der Waals surface area contributed by atoms with Crippen LogP contribution < -0.4 is 10.6 Å². The largest absolute Gasteiger partial charge is 0.491 e. The van der Waals surface area contributed by atoms with Gasteiger partial charge in [0.2, 0.25) is 0 Å². The molecule has 0 saturated carbocycles. The van der Waals surface area contributed by atoms with Crippen LogP contribution in [-0.2, 0) is 14.3 Å². The Morgan fingerprint density at radius 3 is 2.58 bits per heavy atom. The predicted molar refractivity (Wildman–Crippen MR) is 59.9 cm³/mol. The molecule has 0 spiro atoms. The summed E-state index contributed by atoms with van der Waals surface area (Å²) in [6.45, 7) is 6.26. The van der Waals surface area contributed by atoms with Gasteiger partial charge in [-0.1, -0.05) is 13.5 Å². The van der Waals surface area contributed by atoms with E-state index in [0.717, 1.165) is 13.0 Å². The molecule has 1 aliphatic heterocycles. The summed E-state index contributed by atoms with van der Waals surface area (Å²) in [6.07, 6.45) is -4.32. The number of halogens is 3. The molecule has 0 aromatic rings. The minimum absolute atomic E-state index is 0.177. The maximum atomic E-state index is 11.9. The summed E-state index contributed by atoms with van der Waals surface area (Å²) in [4.78, 5) is 22.1. The lowest BCUT2D eigenvalue weighted by Gasteiger charge is -2.30. The van der Waals surface area contributed by atoms with Crippen LogP contribution in [0.15, 0.2) is 12.3 Å². The summed E-state index contributed by atoms with van der Waals surface area (Å²) in [7, 11) is 0. The highest BCUT2D eigenvalue weighted by molar-refractivity contribution is 5.94. The number of hydrogen-bond acceptors (Lipinski definition) is 4. The molecular weight excluding hydrogens is 265 g/mol. The van der Waals surface area contributed by atoms with Crippen molar-refractivity contribution in [1.82, 2.24) is 10.6 Å². The minimum Gasteiger partial charge on any atom is -0.415 e. The molecule has 1 rings (SSSR count). The van der Waals surface area contributed by atoms with Crippen LogP contribution in [-0.4, -0.2) is 37.2 Å². The molecule has 108 valence electrons. The van der Waals surface area contributed by atoms with Crippen LogP contribution in [0.25, 0.3) is 0 Å². The van der Waals surface area contributed by atoms with Gasteiger partial charge in [0.15, 0.2) is 5.76 Å². The van der Waals surface area contributed by atoms with Crippen LogP contribution in [0.2, 0.25) is 0 Å². The van der Waals surface area contributed by atoms with Crippen molar-refractivity contribution in [2.45, 2.75) is 25.6 Å². The minimum atomic E-state index is -5.15. The van der Waals surface area contributed by atoms with Crippen molar-refractivity contribution in [2.24, 2.45) is 5.92 Å². The van der Waals surface area contributed by atoms with Crippen LogP contribution in [0.5, 0.6) is 0 Å². The number of piperidine rings is 1. The van der Waals surface area contributed by atoms with E-state index in [1.54, 1.807) is 0 Å². The summed E-state index contributed by atoms with van der Waals surface area (Å²) >= 11 is 0. The Hall–Kier alpha value is -1.57. The monoisotopic (exact) mass is 280 g/mol. The van der Waals surface area contributed by atoms with Gasteiger partial charge in [0.05, 0.1) is 0 Å². The van der Waals surface area contributed by atoms with Crippen molar-refractivity contribution in [3.05, 3.63) is 12.3 Å². The molecule has 5 nitrogen and oxygen atoms in total. The average Bonchev–Trinajstić information content (AvgIpc) is 2.30. The number of hydrogen-bond donors (Lipinski definition) is 2. The molecular formula is C11H15F3N2O3. The number of amides is 1. The Morgan fingerprint density at radius 1 is 1.42 bits per heavy atom. The number of ether oxygens (including phenoxy) is 1. The number of rotatable bonds is 3. The first-order valence-corrected chi connectivity index (χ1v) is 5.71. The fourth-order valence-corrected chi connectivity index (χ4v) is 1.65. The molecule has 1 amide bonds. The number of carbonyl (C=O) groups is 2. The summed E-state index contributed by atoms with van der Waals surface area (Å²) in [6, 6.07) is -0.234. The second-order valence-electron chi connectivity index (χ2n) is 4.36. The molecule has 8 heteroatoms. The number of carbonyl (C=O) groups excluding carboxylic acids is 2. The molecule has 1 aliphatic rings. The average molecular weight is 280 g/mol. The lowest BCUT2D eigenvalue weighted by atomic mass is 9.95. The van der Waals surface area contributed by atoms with Crippen molar-refractivity contribution in [3.8, 4) is 0 Å². The van der Waals surface area contributed by atoms with Gasteiger partial charge in [0.1, 0.15) is 0 Å². The third-order valence-electron chi connectivity index (χ3n) is 2.84. The first-order valence-electron chi connectivity index (χ1n) is 5.71. The molecule has 0 bridgehead atoms. The molecule has 2 atom stereocenters. The van der Waals surface area contributed by atoms with Gasteiger partial charge < -0.3 is 15.4 Å². The van der Waals surface area contributed by atoms with Crippen molar-refractivity contribution in [2.75, 3.05) is 13.1 Å². The maximum absolute atomic E-state index is 11.9. The summed E-state index contributed by atoms with van der Waals surface area (Å²) in [5.41, 5.74) is 0. The Balaban J connectivity index is 2.49. The number of esters is 1. The third kappa shape index (κ3) is 4.55. The molecule has 1 heterocycles. The fraction of sp³-hybridized carbons (Fsp3) is 0.636. The van der Waals surface area contributed by atoms with Gasteiger partial charge in [-0.3, -0.25) is 4.79 Å². The Morgan fingerprint density at radius 2 is 2.05 bits per heavy atom. The smallest absolute Gasteiger partial charge is 0.415 e. The highest BCUT2D eigenvalue weighted by atomic mass is 19.4. The molecule has 0 radical (unpaired) electrons. The zero-order chi connectivity index (χ0) is 14.6. The molecule has 0 unspecified atom stereocenters. The van der Waals surface area contributed by atoms with Crippen molar-refractivity contribution in [1.29, 1.82) is 0 Å². The zero-order valence-electron chi connectivity index (χ0n) is 10.3. The van der Waals surface area contributed by atoms with Gasteiger partial charge in [0.25, 0.3) is 5.91 Å². The summed E-state index contributed by atoms with van der Waals surface area (Å²) in [5, 5.41) is 5.52. The molecule has 19 heavy (non-hydrogen) atoms. The standard InChI is InChI=1S/C11H15F3N2O3/c1-6-3-4-15-5-8(6)16-9(17)7(2)19-10(18)11(12,13)14/h6,8,15H,2-5H2,1H3,(H,16,17)/t6-,8+/m1/s1. The second kappa shape index (κ2) is 6.05. The van der Waals surface area contributed by atoms with Crippen LogP contribution in [0, 0.1) is 5.92 Å². The van der Waals surface area contributed by atoms with E-state index in [2.05, 4.69) is 21.9 Å². The number of nitrogens with one attached hydrogen (secondary N) is 2. The highest BCUT2D eigenvalue weighted by Crippen LogP contribution is 2.18. The van der Waals surface area contributed by atoms with E-state index in [1.165, 1.54) is 0 Å². The maximum Gasteiger partial charge on any atom is 0.491 e. The van der Waals surface area contributed by atoms with Gasteiger partial charge in [-0.05, 0) is 18.9 Å². The predicted octanol–water partition coefficient (Wildman–Crippen LogP) is 0.720. The van der Waals surface area contributed by atoms with Gasteiger partial charge in [-0.15, -0.1) is 0 Å². The van der Waals surface area contributed by atoms with Crippen molar-refractivity contribution >= 4 is 11.9 Å². The highest BCUT2D eigenvalue weighted by Gasteiger charge is 2.42. The Labute approximate surface area is 108 Å². The van der Waals surface area contributed by atoms with E-state index < -0.39 is 23.8 Å². The van der Waals surface area contributed by atoms with E-state index >= 15 is 0 Å². The summed E-state index contributed by atoms with van der Waals surface area (Å²) < 4.78 is 39.7. The summed E-state index contributed by atoms with van der Waals surface area (Å²) in [5.74, 6) is -4.06. The van der Waals surface area contributed by atoms with E-state index in [0.29, 0.717) is 6.54 Å². The SMILES string of the molecule is C=C(OC(=O)C(F)(F)F)C(=O)N[C@H]1CNCC[C@H]1C. The first kappa shape index (κ1) is 15.5. The Bertz CT molecular complexity index is 382. The van der Waals surface area contributed by atoms with Crippen molar-refractivity contribution in [3.63, 3.8) is 0 Å². The quantitative estimate of drug-likeness (QED) is 0.454. The molecule has 0 aliphatic carbocycles. The van der Waals surface area contributed by atoms with Crippen LogP contribution in [0.3, 0.4) is 0 Å². The Kier molecular flexibility index (Phi) is 4.93. The second-order valence-corrected chi connectivity index (χ2v) is 4.36. The molecule has 2 N–H and O–H groups in total. The van der Waals surface area contributed by atoms with Gasteiger partial charge in [-0.2, -0.15) is 13.2 Å². The van der Waals surface area contributed by atoms with Crippen LogP contribution >= 0.6 is 0 Å². The molecule has 0 aromatic carbocycles. The lowest BCUT2D eigenvalue weighted by Crippen LogP contribution is -2.50. The lowest BCUT2D eigenvalue weighted by molar-refractivity contribution is -0.195. The fourth-order valence-electron chi connectivity index (χ4n) is 1.65. The molecule has 1 fully saturated rings. The van der Waals surface area contributed by atoms with Crippen LogP contribution in [0.1, 0.15) is 13.3 Å². The first-order chi connectivity index (χ1) is 8.71. The molecule has 1 saturated heterocycles. The van der Waals surface area contributed by atoms with E-state index in [-0.39, 0.29) is 12.0 Å². The third-order valence-corrected chi connectivity index (χ3v) is 2.84. The number of alkyl halides is 3. The van der Waals surface area contributed by atoms with Crippen LogP contribution in [0.4, 0.5) is 13.2 Å². The molecule has 0 aromatic heterocycles. The van der Waals surface area contributed by atoms with Gasteiger partial charge in [-0.25, -0.2) is 4.79 Å². The topological polar surface area (TPSA) is 67.4 Å². The van der Waals surface area contributed by atoms with E-state index in [4.69, 9.17) is 0 Å². The van der Waals surface area contributed by atoms with Gasteiger partial charge in [0, 0.05) is 12.6 Å². The van der Waals surface area contributed by atoms with E-state index in [9.17, 15) is 22.8 Å². The van der Waals surface area contributed by atoms with Gasteiger partial charge >= 0.3 is 12.1 Å².